The summed E-state index contributed by atoms with van der Waals surface area (Å²) >= 11 is 8.42. The quantitative estimate of drug-likeness (QED) is 0.169. The summed E-state index contributed by atoms with van der Waals surface area (Å²) in [4.78, 5) is 9.27. The van der Waals surface area contributed by atoms with Crippen molar-refractivity contribution in [2.24, 2.45) is 0 Å². The first-order valence-electron chi connectivity index (χ1n) is 17.3. The molecule has 0 unspecified atom stereocenters. The Labute approximate surface area is 304 Å². The van der Waals surface area contributed by atoms with E-state index in [9.17, 15) is 0 Å². The fourth-order valence-corrected chi connectivity index (χ4v) is 9.90. The predicted octanol–water partition coefficient (Wildman–Crippen LogP) is 13.6. The summed E-state index contributed by atoms with van der Waals surface area (Å²) < 4.78 is 11.5. The lowest BCUT2D eigenvalue weighted by Gasteiger charge is -2.12. The molecule has 4 nitrogen and oxygen atoms in total. The van der Waals surface area contributed by atoms with Crippen molar-refractivity contribution < 1.29 is 4.42 Å². The van der Waals surface area contributed by atoms with Gasteiger partial charge in [0, 0.05) is 63.7 Å². The molecule has 0 aliphatic carbocycles. The van der Waals surface area contributed by atoms with Crippen molar-refractivity contribution in [1.29, 1.82) is 0 Å². The minimum atomic E-state index is 0.160. The maximum Gasteiger partial charge on any atom is 0.232 e. The smallest absolute Gasteiger partial charge is 0.232 e. The average Bonchev–Trinajstić information content (AvgIpc) is 3.87. The minimum absolute atomic E-state index is 0.160. The summed E-state index contributed by atoms with van der Waals surface area (Å²) in [5.41, 5.74) is 6.55. The predicted molar refractivity (Wildman–Crippen MR) is 220 cm³/mol. The van der Waals surface area contributed by atoms with Gasteiger partial charge < -0.3 is 8.98 Å². The van der Waals surface area contributed by atoms with Crippen LogP contribution in [0.4, 0.5) is 0 Å². The number of hydrogen-bond donors (Lipinski definition) is 0. The molecule has 0 N–H and O–H groups in total. The maximum absolute atomic E-state index is 6.53. The number of thiophene rings is 1. The third kappa shape index (κ3) is 3.81. The van der Waals surface area contributed by atoms with Crippen molar-refractivity contribution in [3.63, 3.8) is 0 Å². The standard InChI is InChI=1S/C46H24ClN3OS/c47-46-48-41(40-35-22-20-25-9-1-2-10-30(25)43(35)51-45(40)49-46)28-18-17-27-24-29(21-19-26(27)23-28)50-36-15-7-5-13-33(36)38-39-34-14-6-8-16-37(34)52-44(39)32-12-4-3-11-31(32)42(38)50/h1-24H. The second-order valence-corrected chi connectivity index (χ2v) is 14.8. The molecule has 0 aliphatic heterocycles. The molecule has 0 amide bonds. The van der Waals surface area contributed by atoms with Gasteiger partial charge in [-0.1, -0.05) is 109 Å². The molecule has 52 heavy (non-hydrogen) atoms. The van der Waals surface area contributed by atoms with Crippen LogP contribution < -0.4 is 0 Å². The van der Waals surface area contributed by atoms with Crippen LogP contribution in [0, 0.1) is 0 Å². The lowest BCUT2D eigenvalue weighted by molar-refractivity contribution is 0.656. The molecule has 6 heteroatoms. The normalized spacial score (nSPS) is 12.3. The lowest BCUT2D eigenvalue weighted by atomic mass is 9.99. The number of para-hydroxylation sites is 1. The third-order valence-electron chi connectivity index (χ3n) is 10.7. The summed E-state index contributed by atoms with van der Waals surface area (Å²) in [5, 5.41) is 14.2. The molecular weight excluding hydrogens is 678 g/mol. The molecule has 12 rings (SSSR count). The maximum atomic E-state index is 6.53. The number of fused-ring (bicyclic) bond motifs is 16. The fourth-order valence-electron chi connectivity index (χ4n) is 8.49. The second-order valence-electron chi connectivity index (χ2n) is 13.5. The Morgan fingerprint density at radius 1 is 0.538 bits per heavy atom. The molecule has 0 atom stereocenters. The molecular formula is C46H24ClN3OS. The van der Waals surface area contributed by atoms with Gasteiger partial charge in [-0.2, -0.15) is 4.98 Å². The molecule has 0 aliphatic rings. The molecule has 8 aromatic carbocycles. The van der Waals surface area contributed by atoms with Crippen LogP contribution >= 0.6 is 22.9 Å². The number of nitrogens with zero attached hydrogens (tertiary/aromatic N) is 3. The number of aromatic nitrogens is 3. The van der Waals surface area contributed by atoms with Gasteiger partial charge in [0.1, 0.15) is 5.58 Å². The minimum Gasteiger partial charge on any atom is -0.437 e. The first-order chi connectivity index (χ1) is 25.7. The topological polar surface area (TPSA) is 43.9 Å². The molecule has 0 saturated heterocycles. The van der Waals surface area contributed by atoms with Crippen molar-refractivity contribution in [3.8, 4) is 16.9 Å². The fraction of sp³-hybridized carbons (Fsp3) is 0. The van der Waals surface area contributed by atoms with Gasteiger partial charge in [-0.3, -0.25) is 0 Å². The Morgan fingerprint density at radius 2 is 1.25 bits per heavy atom. The van der Waals surface area contributed by atoms with Crippen LogP contribution in [0.15, 0.2) is 150 Å². The summed E-state index contributed by atoms with van der Waals surface area (Å²) in [7, 11) is 0. The third-order valence-corrected chi connectivity index (χ3v) is 12.1. The first kappa shape index (κ1) is 28.4. The van der Waals surface area contributed by atoms with Crippen LogP contribution in [0.5, 0.6) is 0 Å². The van der Waals surface area contributed by atoms with Crippen LogP contribution in [0.3, 0.4) is 0 Å². The van der Waals surface area contributed by atoms with Crippen LogP contribution in [0.2, 0.25) is 5.28 Å². The van der Waals surface area contributed by atoms with Crippen molar-refractivity contribution in [2.75, 3.05) is 0 Å². The number of benzene rings is 8. The zero-order valence-corrected chi connectivity index (χ0v) is 29.0. The van der Waals surface area contributed by atoms with E-state index in [1.807, 2.05) is 23.5 Å². The Morgan fingerprint density at radius 3 is 2.15 bits per heavy atom. The molecule has 242 valence electrons. The van der Waals surface area contributed by atoms with E-state index in [-0.39, 0.29) is 5.28 Å². The van der Waals surface area contributed by atoms with Gasteiger partial charge in [-0.25, -0.2) is 4.98 Å². The first-order valence-corrected chi connectivity index (χ1v) is 18.5. The van der Waals surface area contributed by atoms with E-state index in [0.717, 1.165) is 54.8 Å². The number of rotatable bonds is 2. The number of hydrogen-bond acceptors (Lipinski definition) is 4. The van der Waals surface area contributed by atoms with E-state index in [1.54, 1.807) is 0 Å². The van der Waals surface area contributed by atoms with Crippen molar-refractivity contribution in [1.82, 2.24) is 14.5 Å². The van der Waals surface area contributed by atoms with E-state index in [0.29, 0.717) is 5.71 Å². The van der Waals surface area contributed by atoms with E-state index in [2.05, 4.69) is 143 Å². The van der Waals surface area contributed by atoms with E-state index < -0.39 is 0 Å². The van der Waals surface area contributed by atoms with Crippen molar-refractivity contribution in [3.05, 3.63) is 151 Å². The Bertz CT molecular complexity index is 3500. The Kier molecular flexibility index (Phi) is 5.68. The van der Waals surface area contributed by atoms with Crippen molar-refractivity contribution in [2.45, 2.75) is 0 Å². The monoisotopic (exact) mass is 701 g/mol. The van der Waals surface area contributed by atoms with Gasteiger partial charge in [-0.15, -0.1) is 11.3 Å². The molecule has 0 radical (unpaired) electrons. The van der Waals surface area contributed by atoms with E-state index in [1.165, 1.54) is 52.8 Å². The highest BCUT2D eigenvalue weighted by molar-refractivity contribution is 7.27. The van der Waals surface area contributed by atoms with Gasteiger partial charge in [0.05, 0.1) is 22.1 Å². The molecule has 4 heterocycles. The largest absolute Gasteiger partial charge is 0.437 e. The van der Waals surface area contributed by atoms with Crippen LogP contribution in [-0.4, -0.2) is 14.5 Å². The van der Waals surface area contributed by atoms with Gasteiger partial charge in [0.25, 0.3) is 0 Å². The molecule has 0 fully saturated rings. The number of furan rings is 1. The van der Waals surface area contributed by atoms with Crippen LogP contribution in [0.25, 0.3) is 113 Å². The average molecular weight is 702 g/mol. The zero-order valence-electron chi connectivity index (χ0n) is 27.4. The van der Waals surface area contributed by atoms with E-state index >= 15 is 0 Å². The molecule has 12 aromatic rings. The van der Waals surface area contributed by atoms with Gasteiger partial charge in [-0.05, 0) is 64.2 Å². The molecule has 0 saturated carbocycles. The van der Waals surface area contributed by atoms with Crippen molar-refractivity contribution >= 4 is 119 Å². The Hall–Kier alpha value is -6.27. The molecule has 4 aromatic heterocycles. The highest BCUT2D eigenvalue weighted by Crippen LogP contribution is 2.48. The summed E-state index contributed by atoms with van der Waals surface area (Å²) in [6.07, 6.45) is 0. The summed E-state index contributed by atoms with van der Waals surface area (Å²) in [6.45, 7) is 0. The van der Waals surface area contributed by atoms with Gasteiger partial charge in [0.2, 0.25) is 11.0 Å². The van der Waals surface area contributed by atoms with Gasteiger partial charge >= 0.3 is 0 Å². The highest BCUT2D eigenvalue weighted by atomic mass is 35.5. The SMILES string of the molecule is Clc1nc(-c2ccc3cc(-n4c5ccccc5c5c6c7ccccc7sc6c6ccccc6c54)ccc3c2)c2c(n1)oc1c3ccccc3ccc12. The van der Waals surface area contributed by atoms with E-state index in [4.69, 9.17) is 21.0 Å². The summed E-state index contributed by atoms with van der Waals surface area (Å²) in [6, 6.07) is 52.2. The van der Waals surface area contributed by atoms with Gasteiger partial charge in [0.15, 0.2) is 0 Å². The Balaban J connectivity index is 1.10. The van der Waals surface area contributed by atoms with Crippen LogP contribution in [-0.2, 0) is 0 Å². The summed E-state index contributed by atoms with van der Waals surface area (Å²) in [5.74, 6) is 0. The second kappa shape index (κ2) is 10.4. The van der Waals surface area contributed by atoms with Crippen LogP contribution in [0.1, 0.15) is 0 Å². The molecule has 0 bridgehead atoms. The lowest BCUT2D eigenvalue weighted by Crippen LogP contribution is -1.95. The zero-order chi connectivity index (χ0) is 34.1. The number of halogens is 1. The molecule has 0 spiro atoms. The highest BCUT2D eigenvalue weighted by Gasteiger charge is 2.22.